The fourth-order valence-electron chi connectivity index (χ4n) is 1.94. The lowest BCUT2D eigenvalue weighted by molar-refractivity contribution is 0.0594. The summed E-state index contributed by atoms with van der Waals surface area (Å²) < 4.78 is 6.22. The summed E-state index contributed by atoms with van der Waals surface area (Å²) in [6, 6.07) is 8.44. The summed E-state index contributed by atoms with van der Waals surface area (Å²) in [5, 5.41) is 16.4. The second-order valence-corrected chi connectivity index (χ2v) is 5.24. The molecule has 0 bridgehead atoms. The maximum Gasteiger partial charge on any atom is 0.0785 e. The molecule has 2 rings (SSSR count). The van der Waals surface area contributed by atoms with Crippen LogP contribution in [0.4, 0.5) is 0 Å². The van der Waals surface area contributed by atoms with Crippen molar-refractivity contribution in [2.24, 2.45) is 0 Å². The number of rotatable bonds is 7. The van der Waals surface area contributed by atoms with Crippen LogP contribution in [-0.2, 0) is 11.3 Å². The van der Waals surface area contributed by atoms with Crippen LogP contribution in [-0.4, -0.2) is 31.5 Å². The topological polar surface area (TPSA) is 41.5 Å². The molecule has 0 spiro atoms. The highest BCUT2D eigenvalue weighted by molar-refractivity contribution is 7.17. The molecule has 1 atom stereocenters. The molecule has 1 aromatic heterocycles. The number of aliphatic hydroxyl groups excluding tert-OH is 1. The van der Waals surface area contributed by atoms with Crippen molar-refractivity contribution in [3.8, 4) is 0 Å². The van der Waals surface area contributed by atoms with Gasteiger partial charge in [-0.2, -0.15) is 0 Å². The van der Waals surface area contributed by atoms with Gasteiger partial charge in [-0.05, 0) is 35.4 Å². The summed E-state index contributed by atoms with van der Waals surface area (Å²) in [4.78, 5) is 0. The quantitative estimate of drug-likeness (QED) is 0.755. The molecule has 0 radical (unpaired) electrons. The van der Waals surface area contributed by atoms with E-state index in [-0.39, 0.29) is 6.10 Å². The number of aliphatic hydroxyl groups is 1. The van der Waals surface area contributed by atoms with E-state index in [2.05, 4.69) is 35.0 Å². The van der Waals surface area contributed by atoms with Crippen LogP contribution < -0.4 is 5.32 Å². The van der Waals surface area contributed by atoms with Crippen molar-refractivity contribution in [3.63, 3.8) is 0 Å². The second kappa shape index (κ2) is 6.85. The summed E-state index contributed by atoms with van der Waals surface area (Å²) in [5.74, 6) is 0. The van der Waals surface area contributed by atoms with E-state index in [4.69, 9.17) is 4.74 Å². The fraction of sp³-hybridized carbons (Fsp3) is 0.429. The first-order valence-corrected chi connectivity index (χ1v) is 7.02. The molecular formula is C14H19NO2S. The molecule has 2 N–H and O–H groups in total. The molecule has 18 heavy (non-hydrogen) atoms. The van der Waals surface area contributed by atoms with Crippen LogP contribution in [0.5, 0.6) is 0 Å². The van der Waals surface area contributed by atoms with Crippen LogP contribution in [0, 0.1) is 0 Å². The summed E-state index contributed by atoms with van der Waals surface area (Å²) in [5.41, 5.74) is 1.33. The summed E-state index contributed by atoms with van der Waals surface area (Å²) in [6.07, 6.45) is 0.345. The predicted molar refractivity (Wildman–Crippen MR) is 76.0 cm³/mol. The SMILES string of the molecule is COCC(O)CCNCc1csc2ccccc12. The van der Waals surface area contributed by atoms with Crippen molar-refractivity contribution in [1.29, 1.82) is 0 Å². The number of benzene rings is 1. The fourth-order valence-corrected chi connectivity index (χ4v) is 2.90. The molecule has 98 valence electrons. The molecule has 0 saturated carbocycles. The Morgan fingerprint density at radius 1 is 1.39 bits per heavy atom. The molecule has 1 heterocycles. The number of hydrogen-bond donors (Lipinski definition) is 2. The second-order valence-electron chi connectivity index (χ2n) is 4.33. The number of nitrogens with one attached hydrogen (secondary N) is 1. The van der Waals surface area contributed by atoms with E-state index < -0.39 is 0 Å². The zero-order valence-electron chi connectivity index (χ0n) is 10.6. The maximum absolute atomic E-state index is 9.52. The van der Waals surface area contributed by atoms with E-state index in [1.165, 1.54) is 15.6 Å². The summed E-state index contributed by atoms with van der Waals surface area (Å²) in [7, 11) is 1.61. The van der Waals surface area contributed by atoms with Gasteiger partial charge in [-0.3, -0.25) is 0 Å². The van der Waals surface area contributed by atoms with Gasteiger partial charge in [-0.15, -0.1) is 11.3 Å². The van der Waals surface area contributed by atoms with E-state index in [0.717, 1.165) is 19.5 Å². The van der Waals surface area contributed by atoms with Gasteiger partial charge in [0.15, 0.2) is 0 Å². The Morgan fingerprint density at radius 2 is 2.22 bits per heavy atom. The first-order valence-electron chi connectivity index (χ1n) is 6.14. The lowest BCUT2D eigenvalue weighted by atomic mass is 10.2. The van der Waals surface area contributed by atoms with Gasteiger partial charge >= 0.3 is 0 Å². The van der Waals surface area contributed by atoms with E-state index in [1.54, 1.807) is 18.4 Å². The molecule has 1 aromatic carbocycles. The zero-order chi connectivity index (χ0) is 12.8. The average molecular weight is 265 g/mol. The van der Waals surface area contributed by atoms with Crippen LogP contribution in [0.1, 0.15) is 12.0 Å². The lowest BCUT2D eigenvalue weighted by Crippen LogP contribution is -2.22. The van der Waals surface area contributed by atoms with E-state index in [0.29, 0.717) is 6.61 Å². The van der Waals surface area contributed by atoms with E-state index >= 15 is 0 Å². The molecule has 0 saturated heterocycles. The first-order chi connectivity index (χ1) is 8.81. The Labute approximate surface area is 111 Å². The Morgan fingerprint density at radius 3 is 3.06 bits per heavy atom. The third-order valence-corrected chi connectivity index (χ3v) is 3.90. The highest BCUT2D eigenvalue weighted by Crippen LogP contribution is 2.25. The molecule has 0 aliphatic heterocycles. The van der Waals surface area contributed by atoms with Gasteiger partial charge in [-0.1, -0.05) is 18.2 Å². The Balaban J connectivity index is 1.80. The van der Waals surface area contributed by atoms with Gasteiger partial charge < -0.3 is 15.2 Å². The van der Waals surface area contributed by atoms with Crippen LogP contribution in [0.15, 0.2) is 29.6 Å². The van der Waals surface area contributed by atoms with E-state index in [9.17, 15) is 5.11 Å². The van der Waals surface area contributed by atoms with Gasteiger partial charge in [0.05, 0.1) is 12.7 Å². The number of fused-ring (bicyclic) bond motifs is 1. The van der Waals surface area contributed by atoms with Crippen molar-refractivity contribution in [3.05, 3.63) is 35.2 Å². The van der Waals surface area contributed by atoms with Crippen LogP contribution in [0.2, 0.25) is 0 Å². The van der Waals surface area contributed by atoms with Crippen LogP contribution in [0.25, 0.3) is 10.1 Å². The number of methoxy groups -OCH3 is 1. The molecule has 1 unspecified atom stereocenters. The molecule has 0 aliphatic rings. The van der Waals surface area contributed by atoms with Crippen molar-refractivity contribution < 1.29 is 9.84 Å². The van der Waals surface area contributed by atoms with Gasteiger partial charge in [0.2, 0.25) is 0 Å². The third kappa shape index (κ3) is 3.53. The zero-order valence-corrected chi connectivity index (χ0v) is 11.4. The number of ether oxygens (including phenoxy) is 1. The van der Waals surface area contributed by atoms with Gasteiger partial charge in [-0.25, -0.2) is 0 Å². The summed E-state index contributed by atoms with van der Waals surface area (Å²) in [6.45, 7) is 2.06. The monoisotopic (exact) mass is 265 g/mol. The minimum absolute atomic E-state index is 0.373. The molecule has 0 fully saturated rings. The highest BCUT2D eigenvalue weighted by Gasteiger charge is 2.04. The Hall–Kier alpha value is -0.940. The molecule has 4 heteroatoms. The Bertz CT molecular complexity index is 483. The van der Waals surface area contributed by atoms with Gasteiger partial charge in [0.25, 0.3) is 0 Å². The maximum atomic E-state index is 9.52. The standard InChI is InChI=1S/C14H19NO2S/c1-17-9-12(16)6-7-15-8-11-10-18-14-5-3-2-4-13(11)14/h2-5,10,12,15-16H,6-9H2,1H3. The normalized spacial score (nSPS) is 13.0. The van der Waals surface area contributed by atoms with E-state index in [1.807, 2.05) is 0 Å². The van der Waals surface area contributed by atoms with Crippen molar-refractivity contribution in [2.75, 3.05) is 20.3 Å². The largest absolute Gasteiger partial charge is 0.391 e. The summed E-state index contributed by atoms with van der Waals surface area (Å²) >= 11 is 1.78. The van der Waals surface area contributed by atoms with Crippen molar-refractivity contribution in [1.82, 2.24) is 5.32 Å². The molecule has 2 aromatic rings. The number of hydrogen-bond acceptors (Lipinski definition) is 4. The lowest BCUT2D eigenvalue weighted by Gasteiger charge is -2.09. The molecule has 0 aliphatic carbocycles. The highest BCUT2D eigenvalue weighted by atomic mass is 32.1. The Kier molecular flexibility index (Phi) is 5.13. The average Bonchev–Trinajstić information content (AvgIpc) is 2.78. The minimum atomic E-state index is -0.373. The minimum Gasteiger partial charge on any atom is -0.391 e. The third-order valence-electron chi connectivity index (χ3n) is 2.89. The van der Waals surface area contributed by atoms with Crippen molar-refractivity contribution >= 4 is 21.4 Å². The predicted octanol–water partition coefficient (Wildman–Crippen LogP) is 2.39. The van der Waals surface area contributed by atoms with Crippen molar-refractivity contribution in [2.45, 2.75) is 19.1 Å². The molecule has 0 amide bonds. The van der Waals surface area contributed by atoms with Gasteiger partial charge in [0, 0.05) is 18.4 Å². The molecular weight excluding hydrogens is 246 g/mol. The van der Waals surface area contributed by atoms with Crippen LogP contribution >= 0.6 is 11.3 Å². The van der Waals surface area contributed by atoms with Gasteiger partial charge in [0.1, 0.15) is 0 Å². The smallest absolute Gasteiger partial charge is 0.0785 e. The number of thiophene rings is 1. The van der Waals surface area contributed by atoms with Crippen LogP contribution in [0.3, 0.4) is 0 Å². The first kappa shape index (κ1) is 13.5. The molecule has 3 nitrogen and oxygen atoms in total.